The fourth-order valence-corrected chi connectivity index (χ4v) is 4.22. The highest BCUT2D eigenvalue weighted by Gasteiger charge is 2.21. The van der Waals surface area contributed by atoms with E-state index < -0.39 is 0 Å². The zero-order valence-corrected chi connectivity index (χ0v) is 20.1. The van der Waals surface area contributed by atoms with Crippen molar-refractivity contribution in [3.8, 4) is 5.88 Å². The molecule has 0 saturated carbocycles. The Hall–Kier alpha value is -3.57. The van der Waals surface area contributed by atoms with Gasteiger partial charge in [-0.05, 0) is 55.3 Å². The van der Waals surface area contributed by atoms with Gasteiger partial charge in [0.05, 0.1) is 17.0 Å². The van der Waals surface area contributed by atoms with Crippen molar-refractivity contribution in [2.24, 2.45) is 4.99 Å². The van der Waals surface area contributed by atoms with E-state index in [4.69, 9.17) is 16.6 Å². The SMILES string of the molecule is CCCN(CCC)C(=O)c1ccc2[nH]c(O)c(C(=Nc3ccc(Cl)cc3)c3ccccc3)c2c1. The summed E-state index contributed by atoms with van der Waals surface area (Å²) in [7, 11) is 0. The van der Waals surface area contributed by atoms with Gasteiger partial charge in [-0.1, -0.05) is 55.8 Å². The number of aromatic hydroxyl groups is 1. The molecule has 1 amide bonds. The predicted molar refractivity (Wildman–Crippen MR) is 140 cm³/mol. The van der Waals surface area contributed by atoms with Crippen LogP contribution in [-0.2, 0) is 0 Å². The number of benzene rings is 3. The van der Waals surface area contributed by atoms with Crippen LogP contribution >= 0.6 is 11.6 Å². The molecule has 0 fully saturated rings. The van der Waals surface area contributed by atoms with Gasteiger partial charge in [-0.2, -0.15) is 0 Å². The van der Waals surface area contributed by atoms with Crippen molar-refractivity contribution < 1.29 is 9.90 Å². The Kier molecular flexibility index (Phi) is 7.33. The third-order valence-corrected chi connectivity index (χ3v) is 5.90. The second-order valence-corrected chi connectivity index (χ2v) is 8.64. The van der Waals surface area contributed by atoms with Crippen LogP contribution in [-0.4, -0.2) is 39.7 Å². The molecule has 0 bridgehead atoms. The average molecular weight is 474 g/mol. The summed E-state index contributed by atoms with van der Waals surface area (Å²) in [5, 5.41) is 12.3. The summed E-state index contributed by atoms with van der Waals surface area (Å²) in [5.41, 5.74) is 4.05. The molecule has 1 heterocycles. The number of hydrogen-bond donors (Lipinski definition) is 2. The van der Waals surface area contributed by atoms with Gasteiger partial charge in [0, 0.05) is 40.1 Å². The molecule has 34 heavy (non-hydrogen) atoms. The lowest BCUT2D eigenvalue weighted by atomic mass is 9.99. The zero-order chi connectivity index (χ0) is 24.1. The van der Waals surface area contributed by atoms with Crippen molar-refractivity contribution in [2.75, 3.05) is 13.1 Å². The Bertz CT molecular complexity index is 1310. The summed E-state index contributed by atoms with van der Waals surface area (Å²) in [6, 6.07) is 22.4. The topological polar surface area (TPSA) is 68.7 Å². The van der Waals surface area contributed by atoms with E-state index in [1.54, 1.807) is 18.2 Å². The summed E-state index contributed by atoms with van der Waals surface area (Å²) in [4.78, 5) is 23.1. The van der Waals surface area contributed by atoms with Crippen molar-refractivity contribution in [2.45, 2.75) is 26.7 Å². The summed E-state index contributed by atoms with van der Waals surface area (Å²) >= 11 is 6.06. The van der Waals surface area contributed by atoms with Crippen molar-refractivity contribution >= 4 is 39.8 Å². The molecule has 0 aliphatic carbocycles. The Morgan fingerprint density at radius 3 is 2.26 bits per heavy atom. The largest absolute Gasteiger partial charge is 0.494 e. The monoisotopic (exact) mass is 473 g/mol. The molecule has 2 N–H and O–H groups in total. The number of nitrogens with one attached hydrogen (secondary N) is 1. The third kappa shape index (κ3) is 5.00. The van der Waals surface area contributed by atoms with Gasteiger partial charge >= 0.3 is 0 Å². The van der Waals surface area contributed by atoms with Crippen molar-refractivity contribution in [1.82, 2.24) is 9.88 Å². The lowest BCUT2D eigenvalue weighted by Gasteiger charge is -2.21. The number of aromatic nitrogens is 1. The fraction of sp³-hybridized carbons (Fsp3) is 0.214. The van der Waals surface area contributed by atoms with Crippen LogP contribution in [0.2, 0.25) is 5.02 Å². The van der Waals surface area contributed by atoms with Gasteiger partial charge in [-0.15, -0.1) is 0 Å². The molecule has 0 aliphatic heterocycles. The van der Waals surface area contributed by atoms with Gasteiger partial charge in [-0.25, -0.2) is 4.99 Å². The van der Waals surface area contributed by atoms with Crippen LogP contribution < -0.4 is 0 Å². The molecule has 1 aromatic heterocycles. The van der Waals surface area contributed by atoms with Crippen LogP contribution in [0.25, 0.3) is 10.9 Å². The van der Waals surface area contributed by atoms with E-state index in [2.05, 4.69) is 18.8 Å². The number of halogens is 1. The molecule has 0 unspecified atom stereocenters. The quantitative estimate of drug-likeness (QED) is 0.271. The van der Waals surface area contributed by atoms with Crippen LogP contribution in [0, 0.1) is 0 Å². The minimum Gasteiger partial charge on any atom is -0.494 e. The Labute approximate surface area is 204 Å². The lowest BCUT2D eigenvalue weighted by Crippen LogP contribution is -2.32. The van der Waals surface area contributed by atoms with E-state index in [-0.39, 0.29) is 11.8 Å². The van der Waals surface area contributed by atoms with E-state index in [0.29, 0.717) is 40.6 Å². The molecule has 4 rings (SSSR count). The first-order valence-corrected chi connectivity index (χ1v) is 11.9. The van der Waals surface area contributed by atoms with Crippen LogP contribution in [0.5, 0.6) is 5.88 Å². The number of carbonyl (C=O) groups is 1. The van der Waals surface area contributed by atoms with Crippen LogP contribution in [0.15, 0.2) is 77.8 Å². The first kappa shape index (κ1) is 23.6. The van der Waals surface area contributed by atoms with Crippen LogP contribution in [0.1, 0.15) is 48.2 Å². The summed E-state index contributed by atoms with van der Waals surface area (Å²) in [5.74, 6) is 0.00304. The van der Waals surface area contributed by atoms with Gasteiger partial charge in [0.1, 0.15) is 0 Å². The highest BCUT2D eigenvalue weighted by molar-refractivity contribution is 6.30. The molecule has 5 nitrogen and oxygen atoms in total. The maximum absolute atomic E-state index is 13.3. The molecule has 0 radical (unpaired) electrons. The number of aliphatic imine (C=N–C) groups is 1. The minimum atomic E-state index is -0.00635. The maximum atomic E-state index is 13.3. The first-order chi connectivity index (χ1) is 16.5. The van der Waals surface area contributed by atoms with Gasteiger partial charge in [0.15, 0.2) is 5.88 Å². The number of rotatable bonds is 8. The number of hydrogen-bond acceptors (Lipinski definition) is 3. The van der Waals surface area contributed by atoms with E-state index in [1.807, 2.05) is 59.5 Å². The molecule has 174 valence electrons. The van der Waals surface area contributed by atoms with Gasteiger partial charge in [0.25, 0.3) is 5.91 Å². The molecule has 0 saturated heterocycles. The Balaban J connectivity index is 1.88. The molecule has 0 spiro atoms. The highest BCUT2D eigenvalue weighted by Crippen LogP contribution is 2.32. The minimum absolute atomic E-state index is 0.00635. The molecule has 6 heteroatoms. The predicted octanol–water partition coefficient (Wildman–Crippen LogP) is 6.96. The fourth-order valence-electron chi connectivity index (χ4n) is 4.09. The highest BCUT2D eigenvalue weighted by atomic mass is 35.5. The standard InChI is InChI=1S/C28H28ClN3O2/c1-3-16-32(17-4-2)28(34)20-10-15-24-23(18-20)25(27(33)31-24)26(19-8-6-5-7-9-19)30-22-13-11-21(29)12-14-22/h5-15,18,31,33H,3-4,16-17H2,1-2H3. The zero-order valence-electron chi connectivity index (χ0n) is 19.4. The number of nitrogens with zero attached hydrogens (tertiary/aromatic N) is 2. The van der Waals surface area contributed by atoms with Gasteiger partial charge in [-0.3, -0.25) is 4.79 Å². The van der Waals surface area contributed by atoms with E-state index in [1.165, 1.54) is 0 Å². The maximum Gasteiger partial charge on any atom is 0.253 e. The molecular formula is C28H28ClN3O2. The van der Waals surface area contributed by atoms with E-state index in [9.17, 15) is 9.90 Å². The summed E-state index contributed by atoms with van der Waals surface area (Å²) in [6.45, 7) is 5.56. The number of H-pyrrole nitrogens is 1. The van der Waals surface area contributed by atoms with Crippen molar-refractivity contribution in [3.05, 3.63) is 94.5 Å². The smallest absolute Gasteiger partial charge is 0.253 e. The van der Waals surface area contributed by atoms with Gasteiger partial charge in [0.2, 0.25) is 0 Å². The molecular weight excluding hydrogens is 446 g/mol. The first-order valence-electron chi connectivity index (χ1n) is 11.6. The molecule has 4 aromatic rings. The van der Waals surface area contributed by atoms with Gasteiger partial charge < -0.3 is 15.0 Å². The third-order valence-electron chi connectivity index (χ3n) is 5.65. The van der Waals surface area contributed by atoms with E-state index >= 15 is 0 Å². The molecule has 0 aliphatic rings. The Morgan fingerprint density at radius 2 is 1.62 bits per heavy atom. The van der Waals surface area contributed by atoms with E-state index in [0.717, 1.165) is 29.3 Å². The van der Waals surface area contributed by atoms with Crippen molar-refractivity contribution in [3.63, 3.8) is 0 Å². The summed E-state index contributed by atoms with van der Waals surface area (Å²) < 4.78 is 0. The van der Waals surface area contributed by atoms with Crippen LogP contribution in [0.3, 0.4) is 0 Å². The summed E-state index contributed by atoms with van der Waals surface area (Å²) in [6.07, 6.45) is 1.80. The van der Waals surface area contributed by atoms with Crippen LogP contribution in [0.4, 0.5) is 5.69 Å². The normalized spacial score (nSPS) is 11.7. The molecule has 0 atom stereocenters. The lowest BCUT2D eigenvalue weighted by molar-refractivity contribution is 0.0755. The number of aromatic amines is 1. The second kappa shape index (κ2) is 10.6. The number of amides is 1. The average Bonchev–Trinajstić information content (AvgIpc) is 3.18. The Morgan fingerprint density at radius 1 is 0.941 bits per heavy atom. The molecule has 3 aromatic carbocycles. The number of carbonyl (C=O) groups excluding carboxylic acids is 1. The van der Waals surface area contributed by atoms with Crippen molar-refractivity contribution in [1.29, 1.82) is 0 Å². The second-order valence-electron chi connectivity index (χ2n) is 8.20. The number of fused-ring (bicyclic) bond motifs is 1.